The zero-order valence-electron chi connectivity index (χ0n) is 17.1. The number of nitrogens with one attached hydrogen (secondary N) is 2. The first-order chi connectivity index (χ1) is 13.8. The van der Waals surface area contributed by atoms with Crippen LogP contribution in [0.15, 0.2) is 48.5 Å². The van der Waals surface area contributed by atoms with Gasteiger partial charge in [0.1, 0.15) is 5.75 Å². The molecule has 2 aromatic carbocycles. The maximum Gasteiger partial charge on any atom is 0.573 e. The summed E-state index contributed by atoms with van der Waals surface area (Å²) in [5.41, 5.74) is 2.76. The van der Waals surface area contributed by atoms with Gasteiger partial charge in [-0.2, -0.15) is 0 Å². The molecule has 30 heavy (non-hydrogen) atoms. The van der Waals surface area contributed by atoms with Gasteiger partial charge >= 0.3 is 6.36 Å². The van der Waals surface area contributed by atoms with Crippen molar-refractivity contribution in [2.45, 2.75) is 45.0 Å². The zero-order chi connectivity index (χ0) is 21.3. The minimum absolute atomic E-state index is 0. The molecule has 1 atom stereocenters. The van der Waals surface area contributed by atoms with Crippen LogP contribution in [0.1, 0.15) is 31.7 Å². The summed E-state index contributed by atoms with van der Waals surface area (Å²) in [5, 5.41) is 6.00. The topological polar surface area (TPSA) is 50.4 Å². The van der Waals surface area contributed by atoms with Gasteiger partial charge in [0, 0.05) is 6.54 Å². The number of halogens is 4. The number of alkyl halides is 3. The normalized spacial score (nSPS) is 12.0. The molecule has 0 radical (unpaired) electrons. The predicted octanol–water partition coefficient (Wildman–Crippen LogP) is 5.11. The van der Waals surface area contributed by atoms with Crippen molar-refractivity contribution in [3.05, 3.63) is 54.1 Å². The molecule has 0 aromatic heterocycles. The number of unbranched alkanes of at least 4 members (excludes halogenated alkanes) is 1. The maximum atomic E-state index is 12.2. The van der Waals surface area contributed by atoms with Crippen LogP contribution in [0, 0.1) is 0 Å². The van der Waals surface area contributed by atoms with Crippen molar-refractivity contribution in [3.8, 4) is 16.9 Å². The Hall–Kier alpha value is -2.25. The zero-order valence-corrected chi connectivity index (χ0v) is 17.9. The van der Waals surface area contributed by atoms with Crippen molar-refractivity contribution in [1.82, 2.24) is 10.6 Å². The Morgan fingerprint density at radius 2 is 1.60 bits per heavy atom. The van der Waals surface area contributed by atoms with Gasteiger partial charge in [0.05, 0.1) is 6.04 Å². The Bertz CT molecular complexity index is 765. The van der Waals surface area contributed by atoms with Crippen molar-refractivity contribution in [3.63, 3.8) is 0 Å². The van der Waals surface area contributed by atoms with Crippen LogP contribution in [0.5, 0.6) is 5.75 Å². The number of rotatable bonds is 10. The Morgan fingerprint density at radius 3 is 2.10 bits per heavy atom. The average molecular weight is 445 g/mol. The highest BCUT2D eigenvalue weighted by Crippen LogP contribution is 2.26. The van der Waals surface area contributed by atoms with Crippen LogP contribution in [0.4, 0.5) is 13.2 Å². The molecule has 2 rings (SSSR count). The highest BCUT2D eigenvalue weighted by atomic mass is 35.5. The van der Waals surface area contributed by atoms with Gasteiger partial charge in [0.15, 0.2) is 0 Å². The number of carbonyl (C=O) groups is 1. The molecule has 2 N–H and O–H groups in total. The Morgan fingerprint density at radius 1 is 1.03 bits per heavy atom. The summed E-state index contributed by atoms with van der Waals surface area (Å²) < 4.78 is 40.6. The number of hydrogen-bond donors (Lipinski definition) is 2. The number of benzene rings is 2. The van der Waals surface area contributed by atoms with Crippen molar-refractivity contribution in [2.24, 2.45) is 0 Å². The fraction of sp³-hybridized carbons (Fsp3) is 0.409. The first-order valence-corrected chi connectivity index (χ1v) is 9.72. The standard InChI is InChI=1S/C22H27F3N2O2.ClH/c1-3-4-5-20(26-2)21(28)27-15-14-16-6-8-17(9-7-16)18-10-12-19(13-11-18)29-22(23,24)25;/h6-13,20,26H,3-5,14-15H2,1-2H3,(H,27,28);1H. The van der Waals surface area contributed by atoms with Crippen LogP contribution >= 0.6 is 12.4 Å². The second kappa shape index (κ2) is 12.4. The largest absolute Gasteiger partial charge is 0.573 e. The third-order valence-corrected chi connectivity index (χ3v) is 4.60. The molecule has 0 aliphatic heterocycles. The van der Waals surface area contributed by atoms with Gasteiger partial charge in [0.25, 0.3) is 0 Å². The average Bonchev–Trinajstić information content (AvgIpc) is 2.68. The monoisotopic (exact) mass is 444 g/mol. The van der Waals surface area contributed by atoms with E-state index in [1.165, 1.54) is 12.1 Å². The van der Waals surface area contributed by atoms with E-state index in [1.54, 1.807) is 19.2 Å². The second-order valence-electron chi connectivity index (χ2n) is 6.79. The minimum Gasteiger partial charge on any atom is -0.406 e. The maximum absolute atomic E-state index is 12.2. The lowest BCUT2D eigenvalue weighted by atomic mass is 10.0. The number of hydrogen-bond acceptors (Lipinski definition) is 3. The van der Waals surface area contributed by atoms with Gasteiger partial charge in [-0.05, 0) is 48.7 Å². The Labute approximate surface area is 181 Å². The number of likely N-dealkylation sites (N-methyl/N-ethyl adjacent to an activating group) is 1. The molecule has 0 fully saturated rings. The smallest absolute Gasteiger partial charge is 0.406 e. The molecule has 8 heteroatoms. The molecule has 0 bridgehead atoms. The van der Waals surface area contributed by atoms with Crippen molar-refractivity contribution in [1.29, 1.82) is 0 Å². The molecule has 4 nitrogen and oxygen atoms in total. The van der Waals surface area contributed by atoms with E-state index in [0.717, 1.165) is 36.0 Å². The van der Waals surface area contributed by atoms with Crippen LogP contribution < -0.4 is 15.4 Å². The highest BCUT2D eigenvalue weighted by molar-refractivity contribution is 5.85. The van der Waals surface area contributed by atoms with E-state index < -0.39 is 6.36 Å². The molecular weight excluding hydrogens is 417 g/mol. The summed E-state index contributed by atoms with van der Waals surface area (Å²) in [7, 11) is 1.79. The van der Waals surface area contributed by atoms with Crippen LogP contribution in [0.3, 0.4) is 0 Å². The molecule has 1 amide bonds. The first kappa shape index (κ1) is 25.8. The fourth-order valence-corrected chi connectivity index (χ4v) is 2.98. The lowest BCUT2D eigenvalue weighted by Gasteiger charge is -2.15. The van der Waals surface area contributed by atoms with Crippen LogP contribution in [-0.2, 0) is 11.2 Å². The minimum atomic E-state index is -4.69. The molecule has 0 saturated carbocycles. The van der Waals surface area contributed by atoms with Gasteiger partial charge in [0.2, 0.25) is 5.91 Å². The summed E-state index contributed by atoms with van der Waals surface area (Å²) in [4.78, 5) is 12.2. The van der Waals surface area contributed by atoms with Gasteiger partial charge in [-0.1, -0.05) is 56.2 Å². The SMILES string of the molecule is CCCCC(NC)C(=O)NCCc1ccc(-c2ccc(OC(F)(F)F)cc2)cc1.Cl. The van der Waals surface area contributed by atoms with E-state index >= 15 is 0 Å². The lowest BCUT2D eigenvalue weighted by Crippen LogP contribution is -2.43. The van der Waals surface area contributed by atoms with E-state index in [9.17, 15) is 18.0 Å². The van der Waals surface area contributed by atoms with Gasteiger partial charge in [-0.15, -0.1) is 25.6 Å². The third kappa shape index (κ3) is 8.63. The summed E-state index contributed by atoms with van der Waals surface area (Å²) in [6, 6.07) is 13.3. The van der Waals surface area contributed by atoms with E-state index in [0.29, 0.717) is 13.0 Å². The summed E-state index contributed by atoms with van der Waals surface area (Å²) in [5.74, 6) is -0.230. The van der Waals surface area contributed by atoms with E-state index in [4.69, 9.17) is 0 Å². The fourth-order valence-electron chi connectivity index (χ4n) is 2.98. The number of ether oxygens (including phenoxy) is 1. The molecule has 166 valence electrons. The quantitative estimate of drug-likeness (QED) is 0.535. The van der Waals surface area contributed by atoms with Crippen molar-refractivity contribution < 1.29 is 22.7 Å². The molecule has 0 spiro atoms. The molecule has 0 aliphatic rings. The van der Waals surface area contributed by atoms with E-state index in [1.807, 2.05) is 24.3 Å². The Balaban J connectivity index is 0.00000450. The van der Waals surface area contributed by atoms with Crippen LogP contribution in [0.25, 0.3) is 11.1 Å². The predicted molar refractivity (Wildman–Crippen MR) is 115 cm³/mol. The highest BCUT2D eigenvalue weighted by Gasteiger charge is 2.30. The van der Waals surface area contributed by atoms with Gasteiger partial charge in [-0.3, -0.25) is 4.79 Å². The van der Waals surface area contributed by atoms with Crippen LogP contribution in [0.2, 0.25) is 0 Å². The molecule has 0 saturated heterocycles. The van der Waals surface area contributed by atoms with E-state index in [2.05, 4.69) is 22.3 Å². The van der Waals surface area contributed by atoms with Gasteiger partial charge < -0.3 is 15.4 Å². The summed E-state index contributed by atoms with van der Waals surface area (Å²) in [6.45, 7) is 2.64. The molecular formula is C22H28ClF3N2O2. The number of carbonyl (C=O) groups excluding carboxylic acids is 1. The van der Waals surface area contributed by atoms with Crippen LogP contribution in [-0.4, -0.2) is 31.9 Å². The number of amides is 1. The summed E-state index contributed by atoms with van der Waals surface area (Å²) >= 11 is 0. The molecule has 2 aromatic rings. The van der Waals surface area contributed by atoms with E-state index in [-0.39, 0.29) is 30.1 Å². The summed E-state index contributed by atoms with van der Waals surface area (Å²) in [6.07, 6.45) is -1.11. The second-order valence-corrected chi connectivity index (χ2v) is 6.79. The molecule has 1 unspecified atom stereocenters. The van der Waals surface area contributed by atoms with Gasteiger partial charge in [-0.25, -0.2) is 0 Å². The lowest BCUT2D eigenvalue weighted by molar-refractivity contribution is -0.274. The van der Waals surface area contributed by atoms with Crippen molar-refractivity contribution >= 4 is 18.3 Å². The third-order valence-electron chi connectivity index (χ3n) is 4.60. The molecule has 0 heterocycles. The molecule has 0 aliphatic carbocycles. The Kier molecular flexibility index (Phi) is 10.7. The first-order valence-electron chi connectivity index (χ1n) is 9.72. The van der Waals surface area contributed by atoms with Crippen molar-refractivity contribution in [2.75, 3.05) is 13.6 Å².